The first-order valence-electron chi connectivity index (χ1n) is 14.2. The molecule has 1 heterocycles. The highest BCUT2D eigenvalue weighted by atomic mass is 15.3. The maximum absolute atomic E-state index is 4.86. The van der Waals surface area contributed by atoms with E-state index in [-0.39, 0.29) is 5.41 Å². The van der Waals surface area contributed by atoms with Gasteiger partial charge < -0.3 is 0 Å². The van der Waals surface area contributed by atoms with Crippen molar-refractivity contribution in [3.8, 4) is 50.7 Å². The summed E-state index contributed by atoms with van der Waals surface area (Å²) >= 11 is 0. The first kappa shape index (κ1) is 26.5. The van der Waals surface area contributed by atoms with Crippen LogP contribution in [0.15, 0.2) is 121 Å². The molecular weight excluding hydrogens is 498 g/mol. The second-order valence-electron chi connectivity index (χ2n) is 11.8. The minimum absolute atomic E-state index is 0.0815. The third kappa shape index (κ3) is 5.36. The second kappa shape index (κ2) is 10.7. The highest BCUT2D eigenvalue weighted by molar-refractivity contribution is 5.86. The number of hydrogen-bond acceptors (Lipinski definition) is 2. The summed E-state index contributed by atoms with van der Waals surface area (Å²) < 4.78 is 2.19. The van der Waals surface area contributed by atoms with Crippen LogP contribution >= 0.6 is 0 Å². The van der Waals surface area contributed by atoms with Crippen LogP contribution in [-0.2, 0) is 5.41 Å². The Morgan fingerprint density at radius 3 is 1.71 bits per heavy atom. The molecule has 6 rings (SSSR count). The largest absolute Gasteiger partial charge is 0.275 e. The molecule has 0 aliphatic carbocycles. The Balaban J connectivity index is 1.59. The average molecular weight is 534 g/mol. The lowest BCUT2D eigenvalue weighted by atomic mass is 9.86. The standard InChI is InChI=1S/C38H35N3/c1-26-22-27(2)24-31(23-26)35-25-30(28-12-8-6-9-13-28)18-21-34(35)37-40-39-36(41(37)33-14-10-7-11-15-33)29-16-19-32(20-17-29)38(3,4)5/h6-25H,1-5H3. The molecule has 3 nitrogen and oxygen atoms in total. The summed E-state index contributed by atoms with van der Waals surface area (Å²) in [6.45, 7) is 11.0. The van der Waals surface area contributed by atoms with Crippen molar-refractivity contribution in [3.05, 3.63) is 138 Å². The highest BCUT2D eigenvalue weighted by Gasteiger charge is 2.22. The summed E-state index contributed by atoms with van der Waals surface area (Å²) in [5.41, 5.74) is 11.6. The van der Waals surface area contributed by atoms with E-state index in [0.717, 1.165) is 34.0 Å². The molecule has 0 spiro atoms. The lowest BCUT2D eigenvalue weighted by Gasteiger charge is -2.19. The second-order valence-corrected chi connectivity index (χ2v) is 11.8. The zero-order valence-corrected chi connectivity index (χ0v) is 24.4. The van der Waals surface area contributed by atoms with Crippen molar-refractivity contribution < 1.29 is 0 Å². The van der Waals surface area contributed by atoms with E-state index in [1.54, 1.807) is 0 Å². The van der Waals surface area contributed by atoms with E-state index >= 15 is 0 Å². The smallest absolute Gasteiger partial charge is 0.169 e. The number of nitrogens with zero attached hydrogens (tertiary/aromatic N) is 3. The Kier molecular flexibility index (Phi) is 6.88. The molecule has 0 aliphatic heterocycles. The predicted molar refractivity (Wildman–Crippen MR) is 171 cm³/mol. The van der Waals surface area contributed by atoms with Gasteiger partial charge in [-0.1, -0.05) is 129 Å². The number of benzene rings is 5. The number of rotatable bonds is 5. The van der Waals surface area contributed by atoms with Gasteiger partial charge in [-0.2, -0.15) is 0 Å². The summed E-state index contributed by atoms with van der Waals surface area (Å²) in [6.07, 6.45) is 0. The minimum Gasteiger partial charge on any atom is -0.275 e. The molecule has 0 radical (unpaired) electrons. The van der Waals surface area contributed by atoms with Gasteiger partial charge in [-0.25, -0.2) is 0 Å². The normalized spacial score (nSPS) is 11.5. The van der Waals surface area contributed by atoms with E-state index in [1.165, 1.54) is 33.4 Å². The summed E-state index contributed by atoms with van der Waals surface area (Å²) in [5.74, 6) is 1.64. The van der Waals surface area contributed by atoms with Gasteiger partial charge in [-0.05, 0) is 71.3 Å². The van der Waals surface area contributed by atoms with Gasteiger partial charge in [0.05, 0.1) is 0 Å². The fourth-order valence-electron chi connectivity index (χ4n) is 5.50. The quantitative estimate of drug-likeness (QED) is 0.221. The zero-order valence-electron chi connectivity index (χ0n) is 24.4. The highest BCUT2D eigenvalue weighted by Crippen LogP contribution is 2.38. The van der Waals surface area contributed by atoms with Gasteiger partial charge in [-0.15, -0.1) is 10.2 Å². The molecule has 0 atom stereocenters. The predicted octanol–water partition coefficient (Wildman–Crippen LogP) is 9.85. The maximum Gasteiger partial charge on any atom is 0.169 e. The molecule has 41 heavy (non-hydrogen) atoms. The molecule has 202 valence electrons. The first-order chi connectivity index (χ1) is 19.8. The lowest BCUT2D eigenvalue weighted by Crippen LogP contribution is -2.10. The lowest BCUT2D eigenvalue weighted by molar-refractivity contribution is 0.590. The molecule has 5 aromatic carbocycles. The van der Waals surface area contributed by atoms with Crippen LogP contribution in [0.25, 0.3) is 50.7 Å². The molecule has 0 saturated heterocycles. The molecule has 0 fully saturated rings. The molecule has 0 amide bonds. The molecule has 0 N–H and O–H groups in total. The molecular formula is C38H35N3. The van der Waals surface area contributed by atoms with Crippen molar-refractivity contribution in [3.63, 3.8) is 0 Å². The van der Waals surface area contributed by atoms with Crippen LogP contribution in [0.1, 0.15) is 37.5 Å². The number of aryl methyl sites for hydroxylation is 2. The van der Waals surface area contributed by atoms with Crippen LogP contribution in [0.2, 0.25) is 0 Å². The van der Waals surface area contributed by atoms with E-state index < -0.39 is 0 Å². The molecule has 6 aromatic rings. The molecule has 0 unspecified atom stereocenters. The summed E-state index contributed by atoms with van der Waals surface area (Å²) in [7, 11) is 0. The van der Waals surface area contributed by atoms with Crippen LogP contribution in [-0.4, -0.2) is 14.8 Å². The fourth-order valence-corrected chi connectivity index (χ4v) is 5.50. The van der Waals surface area contributed by atoms with Crippen LogP contribution in [0.3, 0.4) is 0 Å². The van der Waals surface area contributed by atoms with Crippen molar-refractivity contribution in [2.75, 3.05) is 0 Å². The van der Waals surface area contributed by atoms with Gasteiger partial charge in [0.15, 0.2) is 11.6 Å². The van der Waals surface area contributed by atoms with Gasteiger partial charge in [0.25, 0.3) is 0 Å². The number of hydrogen-bond donors (Lipinski definition) is 0. The Morgan fingerprint density at radius 1 is 0.488 bits per heavy atom. The summed E-state index contributed by atoms with van der Waals surface area (Å²) in [5, 5.41) is 9.65. The number of para-hydroxylation sites is 1. The van der Waals surface area contributed by atoms with Crippen LogP contribution in [0, 0.1) is 13.8 Å². The topological polar surface area (TPSA) is 30.7 Å². The van der Waals surface area contributed by atoms with E-state index in [1.807, 2.05) is 6.07 Å². The van der Waals surface area contributed by atoms with Crippen molar-refractivity contribution >= 4 is 0 Å². The Hall–Kier alpha value is -4.76. The maximum atomic E-state index is 4.86. The monoisotopic (exact) mass is 533 g/mol. The van der Waals surface area contributed by atoms with E-state index in [9.17, 15) is 0 Å². The van der Waals surface area contributed by atoms with Gasteiger partial charge in [0.2, 0.25) is 0 Å². The van der Waals surface area contributed by atoms with Crippen molar-refractivity contribution in [2.45, 2.75) is 40.0 Å². The Bertz CT molecular complexity index is 1790. The van der Waals surface area contributed by atoms with Crippen molar-refractivity contribution in [1.82, 2.24) is 14.8 Å². The van der Waals surface area contributed by atoms with Gasteiger partial charge in [-0.3, -0.25) is 4.57 Å². The fraction of sp³-hybridized carbons (Fsp3) is 0.158. The van der Waals surface area contributed by atoms with E-state index in [2.05, 4.69) is 154 Å². The summed E-state index contributed by atoms with van der Waals surface area (Å²) in [6, 6.07) is 43.1. The van der Waals surface area contributed by atoms with E-state index in [0.29, 0.717) is 0 Å². The van der Waals surface area contributed by atoms with Gasteiger partial charge >= 0.3 is 0 Å². The summed E-state index contributed by atoms with van der Waals surface area (Å²) in [4.78, 5) is 0. The zero-order chi connectivity index (χ0) is 28.6. The SMILES string of the molecule is Cc1cc(C)cc(-c2cc(-c3ccccc3)ccc2-c2nnc(-c3ccc(C(C)(C)C)cc3)n2-c2ccccc2)c1. The average Bonchev–Trinajstić information content (AvgIpc) is 3.42. The number of aromatic nitrogens is 3. The molecule has 1 aromatic heterocycles. The van der Waals surface area contributed by atoms with Crippen LogP contribution < -0.4 is 0 Å². The minimum atomic E-state index is 0.0815. The van der Waals surface area contributed by atoms with E-state index in [4.69, 9.17) is 10.2 Å². The van der Waals surface area contributed by atoms with Crippen molar-refractivity contribution in [1.29, 1.82) is 0 Å². The molecule has 3 heteroatoms. The molecule has 0 aliphatic rings. The third-order valence-electron chi connectivity index (χ3n) is 7.59. The Labute approximate surface area is 243 Å². The van der Waals surface area contributed by atoms with Crippen LogP contribution in [0.4, 0.5) is 0 Å². The van der Waals surface area contributed by atoms with Crippen LogP contribution in [0.5, 0.6) is 0 Å². The third-order valence-corrected chi connectivity index (χ3v) is 7.59. The molecule has 0 saturated carbocycles. The molecule has 0 bridgehead atoms. The van der Waals surface area contributed by atoms with Gasteiger partial charge in [0.1, 0.15) is 0 Å². The first-order valence-corrected chi connectivity index (χ1v) is 14.2. The van der Waals surface area contributed by atoms with Crippen molar-refractivity contribution in [2.24, 2.45) is 0 Å². The van der Waals surface area contributed by atoms with Gasteiger partial charge in [0, 0.05) is 16.8 Å². The Morgan fingerprint density at radius 2 is 1.07 bits per heavy atom.